The molecule has 19 heteroatoms. The standard InChI is InChI=1S/C55H95NO17Si/c1-18-42(58)70-51-36(5)66-45(32-55(51,10)61)71-47-35(4)67-53(50(68-37(6)57)46(47)56(11)12)72-48-39(30-44(62-13)63-14)29-33(2)40(73-74(16,17)54(7,8)9)28-24-19-21-25-34(3)65-43(59)31-41(49(48)64-15)69-52(60)38-26-22-20-23-27-38/h19,21,24,28,33-36,38-41,44-51,53,61H,18,20,22-23,25-27,29-32H2,1-17H3/b21-19+,28-24+/t33-,34-,35-,36+,39-,40+,41+,45+,46+,47-,48+,49+,50-,51+,53+,55-/m1/s1. The minimum atomic E-state index is -2.38. The SMILES string of the molecule is CCC(=O)O[C@H]1[C@H](C)O[C@@H](O[C@H]2[C@H](N(C)C)[C@@H](OC(C)=O)[C@H](O[C@H]3[C@@H](CC(OC)OC)C[C@@H](C)[C@@H](O[Si](C)(C)C(C)(C)C)/C=C/C=C/C[C@@H](C)OC(=O)C[C@H](OC(=O)C4CCCCC4)[C@@H]3OC)O[C@@H]2C)C[C@@]1(C)O. The van der Waals surface area contributed by atoms with Crippen molar-refractivity contribution in [1.82, 2.24) is 4.90 Å². The number of likely N-dealkylation sites (N-methyl/N-ethyl adjacent to an activating group) is 1. The van der Waals surface area contributed by atoms with E-state index in [-0.39, 0.29) is 48.7 Å². The highest BCUT2D eigenvalue weighted by Crippen LogP contribution is 2.42. The van der Waals surface area contributed by atoms with Gasteiger partial charge in [-0.2, -0.15) is 0 Å². The van der Waals surface area contributed by atoms with Gasteiger partial charge in [0.05, 0.1) is 42.8 Å². The molecule has 4 rings (SSSR count). The van der Waals surface area contributed by atoms with Crippen molar-refractivity contribution in [3.63, 3.8) is 0 Å². The van der Waals surface area contributed by atoms with Crippen LogP contribution in [0, 0.1) is 17.8 Å². The zero-order valence-electron chi connectivity index (χ0n) is 47.8. The van der Waals surface area contributed by atoms with Gasteiger partial charge in [0, 0.05) is 53.9 Å². The largest absolute Gasteiger partial charge is 0.462 e. The molecular formula is C55H95NO17Si. The quantitative estimate of drug-likeness (QED) is 0.0635. The van der Waals surface area contributed by atoms with E-state index in [1.807, 2.05) is 51.1 Å². The van der Waals surface area contributed by atoms with E-state index >= 15 is 0 Å². The van der Waals surface area contributed by atoms with Crippen molar-refractivity contribution in [3.8, 4) is 0 Å². The van der Waals surface area contributed by atoms with E-state index < -0.39 is 124 Å². The van der Waals surface area contributed by atoms with E-state index in [2.05, 4.69) is 46.9 Å². The number of methoxy groups -OCH3 is 3. The first-order chi connectivity index (χ1) is 34.7. The molecule has 16 atom stereocenters. The molecule has 2 saturated heterocycles. The van der Waals surface area contributed by atoms with Crippen molar-refractivity contribution in [2.24, 2.45) is 17.8 Å². The number of aliphatic hydroxyl groups is 1. The number of esters is 4. The Bertz CT molecular complexity index is 1830. The minimum absolute atomic E-state index is 0.0497. The normalized spacial score (nSPS) is 36.4. The summed E-state index contributed by atoms with van der Waals surface area (Å²) >= 11 is 0. The van der Waals surface area contributed by atoms with Crippen molar-refractivity contribution in [2.75, 3.05) is 35.4 Å². The van der Waals surface area contributed by atoms with E-state index in [0.29, 0.717) is 25.7 Å². The first-order valence-corrected chi connectivity index (χ1v) is 29.9. The van der Waals surface area contributed by atoms with Gasteiger partial charge >= 0.3 is 23.9 Å². The van der Waals surface area contributed by atoms with Crippen LogP contribution in [-0.2, 0) is 75.7 Å². The lowest BCUT2D eigenvalue weighted by Gasteiger charge is -2.51. The van der Waals surface area contributed by atoms with Crippen LogP contribution in [0.2, 0.25) is 18.1 Å². The van der Waals surface area contributed by atoms with Crippen molar-refractivity contribution >= 4 is 32.2 Å². The Morgan fingerprint density at radius 2 is 1.55 bits per heavy atom. The Hall–Kier alpha value is -2.82. The second-order valence-electron chi connectivity index (χ2n) is 23.1. The fraction of sp³-hybridized carbons (Fsp3) is 0.855. The predicted octanol–water partition coefficient (Wildman–Crippen LogP) is 7.96. The second kappa shape index (κ2) is 28.7. The molecule has 18 nitrogen and oxygen atoms in total. The van der Waals surface area contributed by atoms with Gasteiger partial charge in [0.2, 0.25) is 0 Å². The lowest BCUT2D eigenvalue weighted by atomic mass is 9.82. The Morgan fingerprint density at radius 1 is 0.892 bits per heavy atom. The molecule has 3 fully saturated rings. The van der Waals surface area contributed by atoms with Crippen LogP contribution in [0.25, 0.3) is 0 Å². The molecule has 0 radical (unpaired) electrons. The molecule has 0 bridgehead atoms. The fourth-order valence-corrected chi connectivity index (χ4v) is 11.9. The highest BCUT2D eigenvalue weighted by Gasteiger charge is 2.55. The van der Waals surface area contributed by atoms with E-state index in [1.165, 1.54) is 14.0 Å². The maximum Gasteiger partial charge on any atom is 0.309 e. The lowest BCUT2D eigenvalue weighted by molar-refractivity contribution is -0.345. The highest BCUT2D eigenvalue weighted by atomic mass is 28.4. The molecule has 1 N–H and O–H groups in total. The van der Waals surface area contributed by atoms with Crippen LogP contribution in [0.4, 0.5) is 0 Å². The number of rotatable bonds is 17. The lowest BCUT2D eigenvalue weighted by Crippen LogP contribution is -2.66. The van der Waals surface area contributed by atoms with Gasteiger partial charge in [0.15, 0.2) is 39.4 Å². The molecule has 0 aromatic heterocycles. The summed E-state index contributed by atoms with van der Waals surface area (Å²) in [5.41, 5.74) is -1.52. The van der Waals surface area contributed by atoms with Crippen LogP contribution >= 0.6 is 0 Å². The summed E-state index contributed by atoms with van der Waals surface area (Å²) < 4.78 is 77.1. The monoisotopic (exact) mass is 1070 g/mol. The number of ether oxygens (including phenoxy) is 11. The predicted molar refractivity (Wildman–Crippen MR) is 279 cm³/mol. The van der Waals surface area contributed by atoms with Crippen molar-refractivity contribution in [1.29, 1.82) is 0 Å². The Kier molecular flexibility index (Phi) is 24.7. The Morgan fingerprint density at radius 3 is 2.12 bits per heavy atom. The summed E-state index contributed by atoms with van der Waals surface area (Å²) in [5, 5.41) is 11.5. The fourth-order valence-electron chi connectivity index (χ4n) is 10.5. The minimum Gasteiger partial charge on any atom is -0.462 e. The number of cyclic esters (lactones) is 1. The molecule has 0 amide bonds. The van der Waals surface area contributed by atoms with Crippen LogP contribution in [0.1, 0.15) is 140 Å². The van der Waals surface area contributed by atoms with Gasteiger partial charge in [-0.15, -0.1) is 0 Å². The molecule has 4 aliphatic rings. The van der Waals surface area contributed by atoms with E-state index in [0.717, 1.165) is 19.3 Å². The number of carbonyl (C=O) groups excluding carboxylic acids is 4. The smallest absolute Gasteiger partial charge is 0.309 e. The molecule has 1 aliphatic carbocycles. The first-order valence-electron chi connectivity index (χ1n) is 27.0. The molecule has 3 heterocycles. The van der Waals surface area contributed by atoms with E-state index in [9.17, 15) is 24.3 Å². The van der Waals surface area contributed by atoms with Gasteiger partial charge in [0.25, 0.3) is 0 Å². The average molecular weight is 1070 g/mol. The summed E-state index contributed by atoms with van der Waals surface area (Å²) in [6.07, 6.45) is 1.03. The van der Waals surface area contributed by atoms with Crippen LogP contribution < -0.4 is 0 Å². The third kappa shape index (κ3) is 17.9. The van der Waals surface area contributed by atoms with Gasteiger partial charge in [-0.25, -0.2) is 0 Å². The average Bonchev–Trinajstić information content (AvgIpc) is 3.31. The van der Waals surface area contributed by atoms with Gasteiger partial charge in [0.1, 0.15) is 30.0 Å². The Labute approximate surface area is 443 Å². The summed E-state index contributed by atoms with van der Waals surface area (Å²) in [7, 11) is 5.86. The van der Waals surface area contributed by atoms with E-state index in [1.54, 1.807) is 35.0 Å². The maximum atomic E-state index is 14.3. The van der Waals surface area contributed by atoms with Gasteiger partial charge in [-0.05, 0) is 91.0 Å². The number of hydrogen-bond acceptors (Lipinski definition) is 18. The molecule has 1 saturated carbocycles. The maximum absolute atomic E-state index is 14.3. The number of carbonyl (C=O) groups is 4. The topological polar surface area (TPSA) is 203 Å². The zero-order valence-corrected chi connectivity index (χ0v) is 48.8. The number of hydrogen-bond donors (Lipinski definition) is 1. The van der Waals surface area contributed by atoms with Crippen molar-refractivity contribution < 1.29 is 80.8 Å². The summed E-state index contributed by atoms with van der Waals surface area (Å²) in [6, 6.07) is -0.751. The third-order valence-corrected chi connectivity index (χ3v) is 20.1. The molecular weight excluding hydrogens is 975 g/mol. The third-order valence-electron chi connectivity index (χ3n) is 15.6. The summed E-state index contributed by atoms with van der Waals surface area (Å²) in [6.45, 7) is 23.1. The van der Waals surface area contributed by atoms with Gasteiger partial charge in [-0.1, -0.05) is 78.2 Å². The first kappa shape index (κ1) is 63.7. The van der Waals surface area contributed by atoms with Crippen LogP contribution in [0.15, 0.2) is 24.3 Å². The van der Waals surface area contributed by atoms with Crippen LogP contribution in [0.5, 0.6) is 0 Å². The molecule has 0 aromatic carbocycles. The molecule has 0 unspecified atom stereocenters. The summed E-state index contributed by atoms with van der Waals surface area (Å²) in [4.78, 5) is 55.9. The van der Waals surface area contributed by atoms with Crippen molar-refractivity contribution in [2.45, 2.75) is 250 Å². The molecule has 0 aromatic rings. The van der Waals surface area contributed by atoms with E-state index in [4.69, 9.17) is 56.5 Å². The van der Waals surface area contributed by atoms with Gasteiger partial charge < -0.3 is 66.5 Å². The Balaban J connectivity index is 1.92. The second-order valence-corrected chi connectivity index (χ2v) is 27.8. The molecule has 3 aliphatic heterocycles. The van der Waals surface area contributed by atoms with Crippen molar-refractivity contribution in [3.05, 3.63) is 24.3 Å². The zero-order chi connectivity index (χ0) is 55.3. The molecule has 426 valence electrons. The molecule has 74 heavy (non-hydrogen) atoms. The number of allylic oxidation sites excluding steroid dienone is 2. The number of nitrogens with zero attached hydrogens (tertiary/aromatic N) is 1. The van der Waals surface area contributed by atoms with Gasteiger partial charge in [-0.3, -0.25) is 19.2 Å². The highest BCUT2D eigenvalue weighted by molar-refractivity contribution is 6.74. The van der Waals surface area contributed by atoms with Crippen LogP contribution in [-0.4, -0.2) is 169 Å². The molecule has 0 spiro atoms. The van der Waals surface area contributed by atoms with Crippen LogP contribution in [0.3, 0.4) is 0 Å². The summed E-state index contributed by atoms with van der Waals surface area (Å²) in [5.74, 6) is -3.22.